The quantitative estimate of drug-likeness (QED) is 0.792. The van der Waals surface area contributed by atoms with Gasteiger partial charge in [0.05, 0.1) is 0 Å². The van der Waals surface area contributed by atoms with Crippen LogP contribution in [0.4, 0.5) is 0 Å². The molecule has 2 aliphatic rings. The van der Waals surface area contributed by atoms with E-state index in [9.17, 15) is 9.59 Å². The molecule has 19 heavy (non-hydrogen) atoms. The van der Waals surface area contributed by atoms with Crippen molar-refractivity contribution in [3.8, 4) is 0 Å². The summed E-state index contributed by atoms with van der Waals surface area (Å²) in [6, 6.07) is 0. The van der Waals surface area contributed by atoms with Gasteiger partial charge in [-0.15, -0.1) is 0 Å². The fraction of sp³-hybridized carbons (Fsp3) is 0.857. The van der Waals surface area contributed by atoms with Crippen LogP contribution in [0.5, 0.6) is 0 Å². The highest BCUT2D eigenvalue weighted by molar-refractivity contribution is 5.79. The lowest BCUT2D eigenvalue weighted by molar-refractivity contribution is -0.141. The van der Waals surface area contributed by atoms with Gasteiger partial charge in [0.25, 0.3) is 0 Å². The molecule has 0 saturated carbocycles. The van der Waals surface area contributed by atoms with Gasteiger partial charge in [-0.1, -0.05) is 0 Å². The van der Waals surface area contributed by atoms with E-state index in [0.29, 0.717) is 19.0 Å². The molecule has 0 aromatic rings. The molecule has 0 atom stereocenters. The standard InChI is InChI=1S/C14H24N2O3/c1-11(18)15-8-4-13(5-9-15)14(19)16-6-2-12(10-17)3-7-16/h12-13,17H,2-10H2,1H3. The smallest absolute Gasteiger partial charge is 0.225 e. The van der Waals surface area contributed by atoms with Gasteiger partial charge in [0, 0.05) is 45.6 Å². The van der Waals surface area contributed by atoms with Gasteiger partial charge in [-0.2, -0.15) is 0 Å². The maximum absolute atomic E-state index is 12.4. The summed E-state index contributed by atoms with van der Waals surface area (Å²) in [4.78, 5) is 27.4. The van der Waals surface area contributed by atoms with Crippen molar-refractivity contribution in [3.63, 3.8) is 0 Å². The fourth-order valence-electron chi connectivity index (χ4n) is 3.04. The van der Waals surface area contributed by atoms with Gasteiger partial charge in [-0.25, -0.2) is 0 Å². The van der Waals surface area contributed by atoms with Crippen molar-refractivity contribution in [2.45, 2.75) is 32.6 Å². The van der Waals surface area contributed by atoms with Crippen LogP contribution < -0.4 is 0 Å². The third-order valence-corrected chi connectivity index (χ3v) is 4.47. The molecule has 1 N–H and O–H groups in total. The molecular formula is C14H24N2O3. The third-order valence-electron chi connectivity index (χ3n) is 4.47. The number of hydrogen-bond acceptors (Lipinski definition) is 3. The molecule has 0 aliphatic carbocycles. The zero-order valence-corrected chi connectivity index (χ0v) is 11.7. The second-order valence-corrected chi connectivity index (χ2v) is 5.73. The molecule has 2 amide bonds. The van der Waals surface area contributed by atoms with E-state index in [-0.39, 0.29) is 24.3 Å². The maximum atomic E-state index is 12.4. The molecule has 2 fully saturated rings. The van der Waals surface area contributed by atoms with Gasteiger partial charge in [-0.3, -0.25) is 9.59 Å². The van der Waals surface area contributed by atoms with E-state index < -0.39 is 0 Å². The summed E-state index contributed by atoms with van der Waals surface area (Å²) in [6.07, 6.45) is 3.40. The van der Waals surface area contributed by atoms with Crippen LogP contribution in [0.1, 0.15) is 32.6 Å². The Morgan fingerprint density at radius 1 is 1.00 bits per heavy atom. The van der Waals surface area contributed by atoms with Gasteiger partial charge in [0.1, 0.15) is 0 Å². The predicted octanol–water partition coefficient (Wildman–Crippen LogP) is 0.476. The number of hydrogen-bond donors (Lipinski definition) is 1. The van der Waals surface area contributed by atoms with Gasteiger partial charge in [-0.05, 0) is 31.6 Å². The van der Waals surface area contributed by atoms with Gasteiger partial charge >= 0.3 is 0 Å². The van der Waals surface area contributed by atoms with Crippen LogP contribution in [0.3, 0.4) is 0 Å². The minimum absolute atomic E-state index is 0.0845. The van der Waals surface area contributed by atoms with Crippen molar-refractivity contribution in [3.05, 3.63) is 0 Å². The minimum Gasteiger partial charge on any atom is -0.396 e. The summed E-state index contributed by atoms with van der Waals surface area (Å²) in [5, 5.41) is 9.10. The van der Waals surface area contributed by atoms with Crippen LogP contribution in [-0.2, 0) is 9.59 Å². The molecule has 108 valence electrons. The Balaban J connectivity index is 1.80. The van der Waals surface area contributed by atoms with E-state index in [0.717, 1.165) is 38.8 Å². The molecule has 5 heteroatoms. The molecule has 0 aromatic carbocycles. The molecule has 0 bridgehead atoms. The summed E-state index contributed by atoms with van der Waals surface area (Å²) in [7, 11) is 0. The largest absolute Gasteiger partial charge is 0.396 e. The first-order valence-electron chi connectivity index (χ1n) is 7.27. The highest BCUT2D eigenvalue weighted by atomic mass is 16.3. The van der Waals surface area contributed by atoms with Gasteiger partial charge < -0.3 is 14.9 Å². The zero-order chi connectivity index (χ0) is 13.8. The summed E-state index contributed by atoms with van der Waals surface area (Å²) in [6.45, 7) is 4.78. The SMILES string of the molecule is CC(=O)N1CCC(C(=O)N2CCC(CO)CC2)CC1. The van der Waals surface area contributed by atoms with Crippen LogP contribution in [0.15, 0.2) is 0 Å². The van der Waals surface area contributed by atoms with Crippen LogP contribution >= 0.6 is 0 Å². The predicted molar refractivity (Wildman–Crippen MR) is 71.4 cm³/mol. The number of carbonyl (C=O) groups excluding carboxylic acids is 2. The highest BCUT2D eigenvalue weighted by Crippen LogP contribution is 2.23. The lowest BCUT2D eigenvalue weighted by Gasteiger charge is -2.36. The Morgan fingerprint density at radius 2 is 1.53 bits per heavy atom. The van der Waals surface area contributed by atoms with Gasteiger partial charge in [0.15, 0.2) is 0 Å². The molecule has 2 heterocycles. The van der Waals surface area contributed by atoms with Gasteiger partial charge in [0.2, 0.25) is 11.8 Å². The number of likely N-dealkylation sites (tertiary alicyclic amines) is 2. The van der Waals surface area contributed by atoms with E-state index in [2.05, 4.69) is 0 Å². The first-order chi connectivity index (χ1) is 9.11. The Kier molecular flexibility index (Phi) is 4.80. The Hall–Kier alpha value is -1.10. The number of nitrogens with zero attached hydrogens (tertiary/aromatic N) is 2. The van der Waals surface area contributed by atoms with Crippen LogP contribution in [0, 0.1) is 11.8 Å². The molecule has 2 aliphatic heterocycles. The van der Waals surface area contributed by atoms with Crippen LogP contribution in [0.2, 0.25) is 0 Å². The summed E-state index contributed by atoms with van der Waals surface area (Å²) in [5.41, 5.74) is 0. The highest BCUT2D eigenvalue weighted by Gasteiger charge is 2.31. The summed E-state index contributed by atoms with van der Waals surface area (Å²) < 4.78 is 0. The van der Waals surface area contributed by atoms with Crippen LogP contribution in [-0.4, -0.2) is 59.5 Å². The molecule has 0 spiro atoms. The van der Waals surface area contributed by atoms with Crippen molar-refractivity contribution in [1.82, 2.24) is 9.80 Å². The topological polar surface area (TPSA) is 60.9 Å². The monoisotopic (exact) mass is 268 g/mol. The fourth-order valence-corrected chi connectivity index (χ4v) is 3.04. The van der Waals surface area contributed by atoms with E-state index >= 15 is 0 Å². The Bertz CT molecular complexity index is 330. The van der Waals surface area contributed by atoms with E-state index in [4.69, 9.17) is 5.11 Å². The van der Waals surface area contributed by atoms with E-state index in [1.54, 1.807) is 6.92 Å². The summed E-state index contributed by atoms with van der Waals surface area (Å²) >= 11 is 0. The first kappa shape index (κ1) is 14.3. The average Bonchev–Trinajstić information content (AvgIpc) is 2.46. The van der Waals surface area contributed by atoms with Crippen LogP contribution in [0.25, 0.3) is 0 Å². The molecule has 0 radical (unpaired) electrons. The number of aliphatic hydroxyl groups is 1. The van der Waals surface area contributed by atoms with Crippen molar-refractivity contribution >= 4 is 11.8 Å². The molecule has 5 nitrogen and oxygen atoms in total. The van der Waals surface area contributed by atoms with E-state index in [1.807, 2.05) is 9.80 Å². The van der Waals surface area contributed by atoms with E-state index in [1.165, 1.54) is 0 Å². The van der Waals surface area contributed by atoms with Crippen molar-refractivity contribution < 1.29 is 14.7 Å². The Labute approximate surface area is 114 Å². The first-order valence-corrected chi connectivity index (χ1v) is 7.27. The van der Waals surface area contributed by atoms with Crippen molar-refractivity contribution in [1.29, 1.82) is 0 Å². The molecule has 0 unspecified atom stereocenters. The lowest BCUT2D eigenvalue weighted by Crippen LogP contribution is -2.46. The number of aliphatic hydroxyl groups excluding tert-OH is 1. The van der Waals surface area contributed by atoms with Crippen molar-refractivity contribution in [2.24, 2.45) is 11.8 Å². The Morgan fingerprint density at radius 3 is 2.00 bits per heavy atom. The third kappa shape index (κ3) is 3.47. The second-order valence-electron chi connectivity index (χ2n) is 5.73. The maximum Gasteiger partial charge on any atom is 0.225 e. The molecule has 2 saturated heterocycles. The molecule has 0 aromatic heterocycles. The second kappa shape index (κ2) is 6.37. The zero-order valence-electron chi connectivity index (χ0n) is 11.7. The average molecular weight is 268 g/mol. The number of carbonyl (C=O) groups is 2. The summed E-state index contributed by atoms with van der Waals surface area (Å²) in [5.74, 6) is 0.805. The minimum atomic E-state index is 0.0845. The molecule has 2 rings (SSSR count). The van der Waals surface area contributed by atoms with Crippen molar-refractivity contribution in [2.75, 3.05) is 32.8 Å². The number of piperidine rings is 2. The normalized spacial score (nSPS) is 22.6. The lowest BCUT2D eigenvalue weighted by atomic mass is 9.92. The number of amides is 2. The molecular weight excluding hydrogens is 244 g/mol. The number of rotatable bonds is 2.